The fourth-order valence-electron chi connectivity index (χ4n) is 3.35. The number of carbonyl (C=O) groups is 1. The number of hydrogen-bond donors (Lipinski definition) is 2. The molecule has 1 fully saturated rings. The summed E-state index contributed by atoms with van der Waals surface area (Å²) >= 11 is 1.63. The van der Waals surface area contributed by atoms with Crippen molar-refractivity contribution in [3.05, 3.63) is 62.4 Å². The Morgan fingerprint density at radius 2 is 2.16 bits per heavy atom. The lowest BCUT2D eigenvalue weighted by Crippen LogP contribution is -2.23. The van der Waals surface area contributed by atoms with E-state index in [-0.39, 0.29) is 5.56 Å². The van der Waals surface area contributed by atoms with E-state index in [0.29, 0.717) is 12.5 Å². The first-order valence-corrected chi connectivity index (χ1v) is 9.09. The highest BCUT2D eigenvalue weighted by Gasteiger charge is 2.29. The predicted octanol–water partition coefficient (Wildman–Crippen LogP) is 3.37. The molecule has 1 aliphatic rings. The molecule has 0 atom stereocenters. The number of nitrogens with two attached hydrogens (primary N) is 1. The van der Waals surface area contributed by atoms with E-state index in [1.807, 2.05) is 18.4 Å². The number of carboxylic acid groups (broad SMARTS) is 1. The highest BCUT2D eigenvalue weighted by atomic mass is 32.1. The number of hydrogen-bond acceptors (Lipinski definition) is 4. The van der Waals surface area contributed by atoms with Crippen LogP contribution in [-0.2, 0) is 6.54 Å². The number of aryl methyl sites for hydroxylation is 1. The molecule has 0 aliphatic heterocycles. The lowest BCUT2D eigenvalue weighted by atomic mass is 9.99. The Morgan fingerprint density at radius 1 is 1.40 bits per heavy atom. The van der Waals surface area contributed by atoms with Crippen molar-refractivity contribution in [1.82, 2.24) is 4.40 Å². The van der Waals surface area contributed by atoms with Gasteiger partial charge in [-0.05, 0) is 71.5 Å². The maximum Gasteiger partial charge on any atom is 0.341 e. The van der Waals surface area contributed by atoms with Crippen LogP contribution in [0.15, 0.2) is 34.6 Å². The summed E-state index contributed by atoms with van der Waals surface area (Å²) in [6.07, 6.45) is 3.76. The summed E-state index contributed by atoms with van der Waals surface area (Å²) in [5, 5.41) is 11.4. The Kier molecular flexibility index (Phi) is 3.74. The predicted molar refractivity (Wildman–Crippen MR) is 98.5 cm³/mol. The number of carboxylic acids is 1. The van der Waals surface area contributed by atoms with Gasteiger partial charge < -0.3 is 10.8 Å². The number of aromatic nitrogens is 1. The molecule has 0 radical (unpaired) electrons. The summed E-state index contributed by atoms with van der Waals surface area (Å²) in [6, 6.07) is 5.54. The van der Waals surface area contributed by atoms with E-state index in [1.54, 1.807) is 23.6 Å². The minimum Gasteiger partial charge on any atom is -0.477 e. The van der Waals surface area contributed by atoms with Gasteiger partial charge in [0.25, 0.3) is 5.56 Å². The molecular formula is C19H18N2O3S. The minimum atomic E-state index is -1.17. The summed E-state index contributed by atoms with van der Waals surface area (Å²) in [6.45, 7) is 2.50. The molecule has 128 valence electrons. The lowest BCUT2D eigenvalue weighted by Gasteiger charge is -2.14. The third kappa shape index (κ3) is 2.58. The molecule has 4 rings (SSSR count). The highest BCUT2D eigenvalue weighted by Crippen LogP contribution is 2.43. The van der Waals surface area contributed by atoms with Gasteiger partial charge in [0, 0.05) is 17.6 Å². The first-order chi connectivity index (χ1) is 12.0. The van der Waals surface area contributed by atoms with Crippen LogP contribution in [0.3, 0.4) is 0 Å². The molecule has 0 amide bonds. The van der Waals surface area contributed by atoms with E-state index in [4.69, 9.17) is 5.73 Å². The van der Waals surface area contributed by atoms with Crippen LogP contribution in [0.1, 0.15) is 45.8 Å². The molecule has 0 bridgehead atoms. The van der Waals surface area contributed by atoms with Crippen molar-refractivity contribution >= 4 is 22.8 Å². The van der Waals surface area contributed by atoms with Crippen LogP contribution in [0.5, 0.6) is 0 Å². The van der Waals surface area contributed by atoms with Gasteiger partial charge >= 0.3 is 5.97 Å². The van der Waals surface area contributed by atoms with Gasteiger partial charge in [-0.15, -0.1) is 11.3 Å². The average Bonchev–Trinajstić information content (AvgIpc) is 3.32. The van der Waals surface area contributed by atoms with Gasteiger partial charge in [0.15, 0.2) is 0 Å². The molecule has 3 N–H and O–H groups in total. The second-order valence-corrected chi connectivity index (χ2v) is 7.41. The summed E-state index contributed by atoms with van der Waals surface area (Å²) < 4.78 is 1.49. The molecule has 3 aromatic heterocycles. The van der Waals surface area contributed by atoms with Crippen molar-refractivity contribution < 1.29 is 9.90 Å². The van der Waals surface area contributed by atoms with Crippen LogP contribution < -0.4 is 11.3 Å². The second kappa shape index (κ2) is 5.82. The van der Waals surface area contributed by atoms with Crippen LogP contribution in [0.25, 0.3) is 16.0 Å². The smallest absolute Gasteiger partial charge is 0.341 e. The van der Waals surface area contributed by atoms with Crippen molar-refractivity contribution in [2.24, 2.45) is 5.73 Å². The standard InChI is InChI=1S/C19H18N2O3S/c1-10-13(16-6-11(8-20)9-25-16)4-5-21-17(10)14(12-2-3-12)7-15(18(21)22)19(23)24/h4-7,9,12H,2-3,8,20H2,1H3,(H,23,24). The maximum atomic E-state index is 12.6. The third-order valence-electron chi connectivity index (χ3n) is 4.82. The number of rotatable bonds is 4. The van der Waals surface area contributed by atoms with Gasteiger partial charge in [-0.1, -0.05) is 0 Å². The topological polar surface area (TPSA) is 84.8 Å². The van der Waals surface area contributed by atoms with Gasteiger partial charge in [-0.2, -0.15) is 0 Å². The van der Waals surface area contributed by atoms with Gasteiger partial charge in [0.05, 0.1) is 5.52 Å². The molecule has 0 aromatic carbocycles. The Hall–Kier alpha value is -2.44. The Labute approximate surface area is 148 Å². The Morgan fingerprint density at radius 3 is 2.76 bits per heavy atom. The molecule has 0 spiro atoms. The lowest BCUT2D eigenvalue weighted by molar-refractivity contribution is 0.0694. The highest BCUT2D eigenvalue weighted by molar-refractivity contribution is 7.13. The Bertz CT molecular complexity index is 1060. The zero-order valence-corrected chi connectivity index (χ0v) is 14.6. The second-order valence-electron chi connectivity index (χ2n) is 6.49. The molecule has 6 heteroatoms. The maximum absolute atomic E-state index is 12.6. The van der Waals surface area contributed by atoms with Gasteiger partial charge in [0.1, 0.15) is 5.56 Å². The van der Waals surface area contributed by atoms with Gasteiger partial charge in [-0.3, -0.25) is 9.20 Å². The van der Waals surface area contributed by atoms with Crippen LogP contribution in [-0.4, -0.2) is 15.5 Å². The number of nitrogens with zero attached hydrogens (tertiary/aromatic N) is 1. The molecule has 1 saturated carbocycles. The summed E-state index contributed by atoms with van der Waals surface area (Å²) in [5.74, 6) is -0.834. The van der Waals surface area contributed by atoms with Crippen LogP contribution in [0.2, 0.25) is 0 Å². The molecule has 1 aliphatic carbocycles. The fourth-order valence-corrected chi connectivity index (χ4v) is 4.36. The molecule has 3 heterocycles. The van der Waals surface area contributed by atoms with Crippen molar-refractivity contribution in [2.45, 2.75) is 32.2 Å². The monoisotopic (exact) mass is 354 g/mol. The number of fused-ring (bicyclic) bond motifs is 1. The summed E-state index contributed by atoms with van der Waals surface area (Å²) in [7, 11) is 0. The number of thiophene rings is 1. The van der Waals surface area contributed by atoms with Gasteiger partial charge in [0.2, 0.25) is 0 Å². The van der Waals surface area contributed by atoms with Crippen molar-refractivity contribution in [1.29, 1.82) is 0 Å². The number of aromatic carboxylic acids is 1. The Balaban J connectivity index is 2.03. The molecule has 3 aromatic rings. The van der Waals surface area contributed by atoms with Crippen LogP contribution in [0, 0.1) is 6.92 Å². The van der Waals surface area contributed by atoms with E-state index in [2.05, 4.69) is 6.07 Å². The van der Waals surface area contributed by atoms with E-state index >= 15 is 0 Å². The zero-order chi connectivity index (χ0) is 17.7. The molecule has 0 unspecified atom stereocenters. The SMILES string of the molecule is Cc1c(-c2cc(CN)cs2)ccn2c(=O)c(C(=O)O)cc(C3CC3)c12. The van der Waals surface area contributed by atoms with E-state index < -0.39 is 11.5 Å². The van der Waals surface area contributed by atoms with E-state index in [9.17, 15) is 14.7 Å². The van der Waals surface area contributed by atoms with E-state index in [0.717, 1.165) is 45.5 Å². The summed E-state index contributed by atoms with van der Waals surface area (Å²) in [4.78, 5) is 25.1. The first kappa shape index (κ1) is 16.1. The van der Waals surface area contributed by atoms with Crippen LogP contribution >= 0.6 is 11.3 Å². The molecule has 25 heavy (non-hydrogen) atoms. The minimum absolute atomic E-state index is 0.159. The van der Waals surface area contributed by atoms with Crippen molar-refractivity contribution in [2.75, 3.05) is 0 Å². The van der Waals surface area contributed by atoms with Crippen LogP contribution in [0.4, 0.5) is 0 Å². The van der Waals surface area contributed by atoms with Crippen molar-refractivity contribution in [3.63, 3.8) is 0 Å². The molecular weight excluding hydrogens is 336 g/mol. The normalized spacial score (nSPS) is 14.2. The average molecular weight is 354 g/mol. The largest absolute Gasteiger partial charge is 0.477 e. The van der Waals surface area contributed by atoms with Gasteiger partial charge in [-0.25, -0.2) is 4.79 Å². The quantitative estimate of drug-likeness (QED) is 0.752. The zero-order valence-electron chi connectivity index (χ0n) is 13.8. The third-order valence-corrected chi connectivity index (χ3v) is 5.83. The fraction of sp³-hybridized carbons (Fsp3) is 0.263. The molecule has 5 nitrogen and oxygen atoms in total. The summed E-state index contributed by atoms with van der Waals surface area (Å²) in [5.41, 5.74) is 10.0. The first-order valence-electron chi connectivity index (χ1n) is 8.21. The van der Waals surface area contributed by atoms with E-state index in [1.165, 1.54) is 4.40 Å². The number of pyridine rings is 2. The van der Waals surface area contributed by atoms with Crippen molar-refractivity contribution in [3.8, 4) is 10.4 Å². The molecule has 0 saturated heterocycles.